The van der Waals surface area contributed by atoms with Crippen LogP contribution in [0.3, 0.4) is 0 Å². The van der Waals surface area contributed by atoms with Crippen LogP contribution in [0.2, 0.25) is 0 Å². The van der Waals surface area contributed by atoms with Gasteiger partial charge in [0, 0.05) is 11.3 Å². The molecule has 1 N–H and O–H groups in total. The van der Waals surface area contributed by atoms with Crippen molar-refractivity contribution < 1.29 is 46.6 Å². The molecule has 0 aliphatic heterocycles. The molecule has 3 aromatic carbocycles. The van der Waals surface area contributed by atoms with Gasteiger partial charge >= 0.3 is 24.1 Å². The third-order valence-electron chi connectivity index (χ3n) is 8.06. The number of esters is 3. The van der Waals surface area contributed by atoms with Gasteiger partial charge in [0.1, 0.15) is 6.61 Å². The highest BCUT2D eigenvalue weighted by atomic mass is 19.4. The standard InChI is InChI=1S/C40H40F3NO7/c1-5-49-37(47)39(38(48)50-6-2,30-12-8-7-9-13-30)25-51-35(45)24-27-16-21-34(29(23-27)22-26(3)4)44-36(46)33-15-11-10-14-32(33)28-17-19-31(20-18-28)40(41,42)43/h7-22,26H,5-6,23-25H2,1-4H3,(H,44,46). The molecule has 1 amide bonds. The zero-order chi connectivity index (χ0) is 37.2. The van der Waals surface area contributed by atoms with Crippen LogP contribution in [0.1, 0.15) is 62.0 Å². The summed E-state index contributed by atoms with van der Waals surface area (Å²) < 4.78 is 55.5. The molecule has 0 unspecified atom stereocenters. The molecule has 51 heavy (non-hydrogen) atoms. The van der Waals surface area contributed by atoms with E-state index in [1.54, 1.807) is 80.6 Å². The SMILES string of the molecule is CCOC(=O)C(COC(=O)CC1=CC=C(NC(=O)c2ccccc2-c2ccc(C(F)(F)F)cc2)C(=CC(C)C)C1)(C(=O)OCC)c1ccccc1. The molecule has 0 saturated heterocycles. The van der Waals surface area contributed by atoms with E-state index in [4.69, 9.17) is 14.2 Å². The lowest BCUT2D eigenvalue weighted by molar-refractivity contribution is -0.170. The quantitative estimate of drug-likeness (QED) is 0.110. The fraction of sp³-hybridized carbons (Fsp3) is 0.300. The highest BCUT2D eigenvalue weighted by molar-refractivity contribution is 6.07. The number of carbonyl (C=O) groups excluding carboxylic acids is 4. The highest BCUT2D eigenvalue weighted by Gasteiger charge is 2.52. The Balaban J connectivity index is 1.55. The lowest BCUT2D eigenvalue weighted by Crippen LogP contribution is -2.50. The number of ether oxygens (including phenoxy) is 3. The number of rotatable bonds is 13. The summed E-state index contributed by atoms with van der Waals surface area (Å²) in [6.07, 6.45) is 0.958. The van der Waals surface area contributed by atoms with E-state index in [0.717, 1.165) is 17.7 Å². The van der Waals surface area contributed by atoms with Gasteiger partial charge in [-0.3, -0.25) is 19.2 Å². The van der Waals surface area contributed by atoms with Crippen LogP contribution in [-0.4, -0.2) is 43.6 Å². The van der Waals surface area contributed by atoms with Gasteiger partial charge in [-0.1, -0.05) is 92.2 Å². The molecular formula is C40H40F3NO7. The van der Waals surface area contributed by atoms with Gasteiger partial charge in [-0.05, 0) is 72.7 Å². The molecule has 11 heteroatoms. The van der Waals surface area contributed by atoms with E-state index in [-0.39, 0.29) is 36.7 Å². The Morgan fingerprint density at radius 2 is 1.39 bits per heavy atom. The maximum absolute atomic E-state index is 13.6. The molecule has 0 atom stereocenters. The number of amides is 1. The summed E-state index contributed by atoms with van der Waals surface area (Å²) >= 11 is 0. The predicted octanol–water partition coefficient (Wildman–Crippen LogP) is 7.90. The number of hydrogen-bond donors (Lipinski definition) is 1. The van der Waals surface area contributed by atoms with Gasteiger partial charge in [0.25, 0.3) is 5.91 Å². The minimum absolute atomic E-state index is 0.00946. The first-order valence-electron chi connectivity index (χ1n) is 16.5. The number of allylic oxidation sites excluding steroid dienone is 4. The van der Waals surface area contributed by atoms with E-state index < -0.39 is 47.6 Å². The van der Waals surface area contributed by atoms with Crippen LogP contribution in [0.25, 0.3) is 11.1 Å². The molecule has 0 saturated carbocycles. The van der Waals surface area contributed by atoms with Crippen molar-refractivity contribution in [2.24, 2.45) is 5.92 Å². The minimum atomic E-state index is -4.48. The van der Waals surface area contributed by atoms with Gasteiger partial charge in [-0.15, -0.1) is 0 Å². The first-order chi connectivity index (χ1) is 24.3. The summed E-state index contributed by atoms with van der Waals surface area (Å²) in [5.74, 6) is -2.87. The summed E-state index contributed by atoms with van der Waals surface area (Å²) in [5, 5.41) is 2.93. The second-order valence-corrected chi connectivity index (χ2v) is 12.1. The third-order valence-corrected chi connectivity index (χ3v) is 8.06. The largest absolute Gasteiger partial charge is 0.465 e. The van der Waals surface area contributed by atoms with Crippen molar-refractivity contribution in [2.75, 3.05) is 19.8 Å². The van der Waals surface area contributed by atoms with Crippen molar-refractivity contribution in [3.8, 4) is 11.1 Å². The first kappa shape index (κ1) is 38.4. The lowest BCUT2D eigenvalue weighted by atomic mass is 9.81. The molecule has 8 nitrogen and oxygen atoms in total. The van der Waals surface area contributed by atoms with Crippen LogP contribution in [-0.2, 0) is 40.2 Å². The summed E-state index contributed by atoms with van der Waals surface area (Å²) in [4.78, 5) is 53.4. The number of halogens is 3. The van der Waals surface area contributed by atoms with E-state index in [2.05, 4.69) is 5.32 Å². The van der Waals surface area contributed by atoms with Crippen LogP contribution < -0.4 is 5.32 Å². The molecule has 1 aliphatic rings. The number of carbonyl (C=O) groups is 4. The predicted molar refractivity (Wildman–Crippen MR) is 185 cm³/mol. The third kappa shape index (κ3) is 9.42. The average Bonchev–Trinajstić information content (AvgIpc) is 3.10. The van der Waals surface area contributed by atoms with Gasteiger partial charge in [-0.2, -0.15) is 13.2 Å². The van der Waals surface area contributed by atoms with E-state index in [1.165, 1.54) is 12.1 Å². The second-order valence-electron chi connectivity index (χ2n) is 12.1. The Bertz CT molecular complexity index is 1810. The second kappa shape index (κ2) is 17.0. The van der Waals surface area contributed by atoms with Gasteiger partial charge in [-0.25, -0.2) is 0 Å². The molecule has 1 aliphatic carbocycles. The normalized spacial score (nSPS) is 14.0. The maximum atomic E-state index is 13.6. The summed E-state index contributed by atoms with van der Waals surface area (Å²) in [6, 6.07) is 19.4. The Morgan fingerprint density at radius 3 is 1.98 bits per heavy atom. The highest BCUT2D eigenvalue weighted by Crippen LogP contribution is 2.33. The maximum Gasteiger partial charge on any atom is 0.416 e. The Hall–Kier alpha value is -5.45. The zero-order valence-electron chi connectivity index (χ0n) is 28.8. The molecule has 0 bridgehead atoms. The summed E-state index contributed by atoms with van der Waals surface area (Å²) in [6.45, 7) is 6.48. The topological polar surface area (TPSA) is 108 Å². The lowest BCUT2D eigenvalue weighted by Gasteiger charge is -2.29. The monoisotopic (exact) mass is 703 g/mol. The Morgan fingerprint density at radius 1 is 0.784 bits per heavy atom. The van der Waals surface area contributed by atoms with Crippen molar-refractivity contribution in [3.05, 3.63) is 131 Å². The van der Waals surface area contributed by atoms with Gasteiger partial charge in [0.15, 0.2) is 0 Å². The van der Waals surface area contributed by atoms with Crippen molar-refractivity contribution in [2.45, 2.75) is 52.1 Å². The molecule has 4 rings (SSSR count). The molecule has 0 fully saturated rings. The molecule has 0 spiro atoms. The van der Waals surface area contributed by atoms with Crippen molar-refractivity contribution in [3.63, 3.8) is 0 Å². The van der Waals surface area contributed by atoms with Gasteiger partial charge in [0.05, 0.1) is 25.2 Å². The zero-order valence-corrected chi connectivity index (χ0v) is 28.8. The van der Waals surface area contributed by atoms with E-state index in [0.29, 0.717) is 28.8 Å². The fourth-order valence-electron chi connectivity index (χ4n) is 5.64. The van der Waals surface area contributed by atoms with E-state index in [1.807, 2.05) is 19.9 Å². The minimum Gasteiger partial charge on any atom is -0.465 e. The van der Waals surface area contributed by atoms with Crippen molar-refractivity contribution >= 4 is 23.8 Å². The van der Waals surface area contributed by atoms with E-state index in [9.17, 15) is 32.3 Å². The number of benzene rings is 3. The molecule has 268 valence electrons. The summed E-state index contributed by atoms with van der Waals surface area (Å²) in [5.41, 5.74) is 0.533. The van der Waals surface area contributed by atoms with Crippen molar-refractivity contribution in [1.82, 2.24) is 5.32 Å². The number of alkyl halides is 3. The van der Waals surface area contributed by atoms with Gasteiger partial charge in [0.2, 0.25) is 5.41 Å². The molecule has 0 radical (unpaired) electrons. The van der Waals surface area contributed by atoms with Gasteiger partial charge < -0.3 is 19.5 Å². The fourth-order valence-corrected chi connectivity index (χ4v) is 5.64. The van der Waals surface area contributed by atoms with E-state index >= 15 is 0 Å². The first-order valence-corrected chi connectivity index (χ1v) is 16.5. The smallest absolute Gasteiger partial charge is 0.416 e. The Labute approximate surface area is 295 Å². The van der Waals surface area contributed by atoms with Crippen LogP contribution in [0.5, 0.6) is 0 Å². The average molecular weight is 704 g/mol. The molecule has 0 aromatic heterocycles. The van der Waals surface area contributed by atoms with Crippen molar-refractivity contribution in [1.29, 1.82) is 0 Å². The number of nitrogens with one attached hydrogen (secondary N) is 1. The van der Waals surface area contributed by atoms with Crippen LogP contribution in [0, 0.1) is 5.92 Å². The molecule has 3 aromatic rings. The summed E-state index contributed by atoms with van der Waals surface area (Å²) in [7, 11) is 0. The van der Waals surface area contributed by atoms with Crippen LogP contribution in [0.4, 0.5) is 13.2 Å². The number of hydrogen-bond acceptors (Lipinski definition) is 7. The Kier molecular flexibility index (Phi) is 12.8. The molecular weight excluding hydrogens is 663 g/mol. The van der Waals surface area contributed by atoms with Crippen LogP contribution >= 0.6 is 0 Å². The molecule has 0 heterocycles. The van der Waals surface area contributed by atoms with Crippen LogP contribution in [0.15, 0.2) is 114 Å².